The van der Waals surface area contributed by atoms with Gasteiger partial charge in [0, 0.05) is 24.1 Å². The van der Waals surface area contributed by atoms with Crippen molar-refractivity contribution in [2.45, 2.75) is 13.3 Å². The molecule has 27 heavy (non-hydrogen) atoms. The van der Waals surface area contributed by atoms with Crippen LogP contribution in [0, 0.1) is 6.92 Å². The van der Waals surface area contributed by atoms with Gasteiger partial charge in [0.15, 0.2) is 0 Å². The Morgan fingerprint density at radius 1 is 1.00 bits per heavy atom. The van der Waals surface area contributed by atoms with Gasteiger partial charge in [0.25, 0.3) is 5.91 Å². The van der Waals surface area contributed by atoms with Crippen LogP contribution in [0.2, 0.25) is 0 Å². The van der Waals surface area contributed by atoms with E-state index in [4.69, 9.17) is 13.9 Å². The zero-order chi connectivity index (χ0) is 19.2. The van der Waals surface area contributed by atoms with Gasteiger partial charge in [0.05, 0.1) is 19.9 Å². The van der Waals surface area contributed by atoms with Gasteiger partial charge in [-0.1, -0.05) is 0 Å². The number of rotatable bonds is 7. The molecule has 0 radical (unpaired) electrons. The highest BCUT2D eigenvalue weighted by Gasteiger charge is 2.12. The molecule has 3 aromatic rings. The lowest BCUT2D eigenvalue weighted by molar-refractivity contribution is 0.0954. The molecule has 0 fully saturated rings. The Morgan fingerprint density at radius 2 is 1.59 bits per heavy atom. The van der Waals surface area contributed by atoms with Crippen LogP contribution in [0.25, 0.3) is 11.5 Å². The van der Waals surface area contributed by atoms with Crippen molar-refractivity contribution in [2.75, 3.05) is 20.8 Å². The first-order valence-electron chi connectivity index (χ1n) is 8.63. The number of aromatic nitrogens is 1. The molecule has 0 bridgehead atoms. The maximum atomic E-state index is 12.2. The maximum absolute atomic E-state index is 12.2. The Labute approximate surface area is 158 Å². The molecule has 0 saturated heterocycles. The van der Waals surface area contributed by atoms with Crippen LogP contribution in [-0.2, 0) is 6.42 Å². The molecule has 0 saturated carbocycles. The number of amides is 1. The van der Waals surface area contributed by atoms with E-state index in [1.165, 1.54) is 0 Å². The number of ether oxygens (including phenoxy) is 2. The molecule has 0 unspecified atom stereocenters. The quantitative estimate of drug-likeness (QED) is 0.691. The fraction of sp³-hybridized carbons (Fsp3) is 0.238. The summed E-state index contributed by atoms with van der Waals surface area (Å²) in [6.45, 7) is 2.35. The third kappa shape index (κ3) is 4.47. The van der Waals surface area contributed by atoms with Crippen molar-refractivity contribution in [2.24, 2.45) is 0 Å². The summed E-state index contributed by atoms with van der Waals surface area (Å²) in [5.74, 6) is 2.68. The van der Waals surface area contributed by atoms with Crippen molar-refractivity contribution in [3.8, 4) is 23.0 Å². The molecule has 0 aliphatic rings. The first-order chi connectivity index (χ1) is 13.1. The average Bonchev–Trinajstić information content (AvgIpc) is 3.08. The largest absolute Gasteiger partial charge is 0.497 e. The van der Waals surface area contributed by atoms with Crippen molar-refractivity contribution in [3.63, 3.8) is 0 Å². The fourth-order valence-corrected chi connectivity index (χ4v) is 2.66. The Bertz CT molecular complexity index is 899. The number of carbonyl (C=O) groups is 1. The van der Waals surface area contributed by atoms with E-state index in [0.717, 1.165) is 28.5 Å². The van der Waals surface area contributed by atoms with Gasteiger partial charge in [-0.3, -0.25) is 4.79 Å². The zero-order valence-electron chi connectivity index (χ0n) is 15.6. The Balaban J connectivity index is 1.59. The zero-order valence-corrected chi connectivity index (χ0v) is 15.6. The van der Waals surface area contributed by atoms with Crippen molar-refractivity contribution in [1.29, 1.82) is 0 Å². The van der Waals surface area contributed by atoms with E-state index >= 15 is 0 Å². The smallest absolute Gasteiger partial charge is 0.251 e. The highest BCUT2D eigenvalue weighted by atomic mass is 16.5. The highest BCUT2D eigenvalue weighted by molar-refractivity contribution is 5.94. The molecule has 1 N–H and O–H groups in total. The summed E-state index contributed by atoms with van der Waals surface area (Å²) in [5, 5.41) is 2.90. The minimum atomic E-state index is -0.130. The predicted molar refractivity (Wildman–Crippen MR) is 102 cm³/mol. The van der Waals surface area contributed by atoms with Crippen LogP contribution in [0.1, 0.15) is 21.8 Å². The lowest BCUT2D eigenvalue weighted by Gasteiger charge is -2.05. The molecule has 6 nitrogen and oxygen atoms in total. The number of nitrogens with zero attached hydrogens (tertiary/aromatic N) is 1. The van der Waals surface area contributed by atoms with E-state index in [0.29, 0.717) is 24.4 Å². The van der Waals surface area contributed by atoms with Crippen LogP contribution in [0.3, 0.4) is 0 Å². The van der Waals surface area contributed by atoms with Gasteiger partial charge in [-0.2, -0.15) is 0 Å². The molecule has 0 atom stereocenters. The lowest BCUT2D eigenvalue weighted by atomic mass is 10.2. The number of benzene rings is 2. The van der Waals surface area contributed by atoms with Crippen LogP contribution >= 0.6 is 0 Å². The summed E-state index contributed by atoms with van der Waals surface area (Å²) < 4.78 is 16.0. The van der Waals surface area contributed by atoms with Gasteiger partial charge in [-0.25, -0.2) is 4.98 Å². The van der Waals surface area contributed by atoms with Gasteiger partial charge in [-0.15, -0.1) is 0 Å². The molecule has 1 amide bonds. The lowest BCUT2D eigenvalue weighted by Crippen LogP contribution is -2.25. The van der Waals surface area contributed by atoms with E-state index in [-0.39, 0.29) is 5.91 Å². The summed E-state index contributed by atoms with van der Waals surface area (Å²) in [6.07, 6.45) is 0.591. The minimum Gasteiger partial charge on any atom is -0.497 e. The SMILES string of the molecule is COc1ccc(C(=O)NCCc2nc(-c3ccc(OC)cc3)oc2C)cc1. The van der Waals surface area contributed by atoms with Crippen LogP contribution < -0.4 is 14.8 Å². The van der Waals surface area contributed by atoms with Crippen LogP contribution in [0.5, 0.6) is 11.5 Å². The second-order valence-electron chi connectivity index (χ2n) is 5.98. The van der Waals surface area contributed by atoms with Crippen LogP contribution in [0.15, 0.2) is 52.9 Å². The molecule has 140 valence electrons. The number of methoxy groups -OCH3 is 2. The highest BCUT2D eigenvalue weighted by Crippen LogP contribution is 2.24. The third-order valence-electron chi connectivity index (χ3n) is 4.23. The maximum Gasteiger partial charge on any atom is 0.251 e. The summed E-state index contributed by atoms with van der Waals surface area (Å²) in [4.78, 5) is 16.8. The first-order valence-corrected chi connectivity index (χ1v) is 8.63. The number of aryl methyl sites for hydroxylation is 1. The summed E-state index contributed by atoms with van der Waals surface area (Å²) in [6, 6.07) is 14.5. The van der Waals surface area contributed by atoms with Crippen LogP contribution in [0.4, 0.5) is 0 Å². The van der Waals surface area contributed by atoms with E-state index in [1.54, 1.807) is 38.5 Å². The van der Waals surface area contributed by atoms with Crippen molar-refractivity contribution >= 4 is 5.91 Å². The molecule has 1 aromatic heterocycles. The Morgan fingerprint density at radius 3 is 2.19 bits per heavy atom. The summed E-state index contributed by atoms with van der Waals surface area (Å²) in [5.41, 5.74) is 2.30. The van der Waals surface area contributed by atoms with Crippen molar-refractivity contribution in [1.82, 2.24) is 10.3 Å². The normalized spacial score (nSPS) is 10.5. The van der Waals surface area contributed by atoms with Gasteiger partial charge in [0.2, 0.25) is 5.89 Å². The number of hydrogen-bond donors (Lipinski definition) is 1. The summed E-state index contributed by atoms with van der Waals surface area (Å²) in [7, 11) is 3.22. The predicted octanol–water partition coefficient (Wildman–Crippen LogP) is 3.64. The summed E-state index contributed by atoms with van der Waals surface area (Å²) >= 11 is 0. The van der Waals surface area contributed by atoms with Gasteiger partial charge in [0.1, 0.15) is 17.3 Å². The van der Waals surface area contributed by atoms with Gasteiger partial charge in [-0.05, 0) is 55.5 Å². The topological polar surface area (TPSA) is 73.6 Å². The monoisotopic (exact) mass is 366 g/mol. The first kappa shape index (κ1) is 18.5. The van der Waals surface area contributed by atoms with E-state index < -0.39 is 0 Å². The van der Waals surface area contributed by atoms with E-state index in [9.17, 15) is 4.79 Å². The third-order valence-corrected chi connectivity index (χ3v) is 4.23. The molecule has 0 spiro atoms. The average molecular weight is 366 g/mol. The second kappa shape index (κ2) is 8.40. The standard InChI is InChI=1S/C21H22N2O4/c1-14-19(23-21(27-14)16-6-10-18(26-3)11-7-16)12-13-22-20(24)15-4-8-17(25-2)9-5-15/h4-11H,12-13H2,1-3H3,(H,22,24). The molecule has 0 aliphatic heterocycles. The number of oxazole rings is 1. The Hall–Kier alpha value is -3.28. The van der Waals surface area contributed by atoms with Gasteiger partial charge >= 0.3 is 0 Å². The molecule has 1 heterocycles. The minimum absolute atomic E-state index is 0.130. The van der Waals surface area contributed by atoms with Crippen LogP contribution in [-0.4, -0.2) is 31.7 Å². The number of nitrogens with one attached hydrogen (secondary N) is 1. The number of hydrogen-bond acceptors (Lipinski definition) is 5. The van der Waals surface area contributed by atoms with Gasteiger partial charge < -0.3 is 19.2 Å². The molecular weight excluding hydrogens is 344 g/mol. The van der Waals surface area contributed by atoms with Crippen molar-refractivity contribution < 1.29 is 18.7 Å². The molecule has 2 aromatic carbocycles. The fourth-order valence-electron chi connectivity index (χ4n) is 2.66. The molecule has 3 rings (SSSR count). The molecular formula is C21H22N2O4. The molecule has 0 aliphatic carbocycles. The number of carbonyl (C=O) groups excluding carboxylic acids is 1. The molecule has 6 heteroatoms. The Kier molecular flexibility index (Phi) is 5.76. The van der Waals surface area contributed by atoms with E-state index in [1.807, 2.05) is 31.2 Å². The second-order valence-corrected chi connectivity index (χ2v) is 5.98. The van der Waals surface area contributed by atoms with Crippen molar-refractivity contribution in [3.05, 3.63) is 65.5 Å². The van der Waals surface area contributed by atoms with E-state index in [2.05, 4.69) is 10.3 Å².